The third-order valence-electron chi connectivity index (χ3n) is 3.89. The standard InChI is InChI=1S/C13H14N4O4/c18-9-5-8(6-14-7-9)10(19)17-3-1-13(2-4-17)11(20)15-12(21)16-13/h5-7,18H,1-4H2,(H2,15,16,20,21). The van der Waals surface area contributed by atoms with Crippen LogP contribution in [0.3, 0.4) is 0 Å². The summed E-state index contributed by atoms with van der Waals surface area (Å²) in [7, 11) is 0. The largest absolute Gasteiger partial charge is 0.506 e. The lowest BCUT2D eigenvalue weighted by atomic mass is 9.87. The number of hydrogen-bond donors (Lipinski definition) is 3. The van der Waals surface area contributed by atoms with Gasteiger partial charge in [0, 0.05) is 19.3 Å². The Bertz CT molecular complexity index is 622. The number of aromatic nitrogens is 1. The molecule has 3 N–H and O–H groups in total. The number of urea groups is 1. The Morgan fingerprint density at radius 2 is 2.00 bits per heavy atom. The van der Waals surface area contributed by atoms with Crippen molar-refractivity contribution in [3.8, 4) is 5.75 Å². The molecule has 2 aliphatic rings. The van der Waals surface area contributed by atoms with Crippen LogP contribution in [0.2, 0.25) is 0 Å². The Labute approximate surface area is 120 Å². The fourth-order valence-corrected chi connectivity index (χ4v) is 2.70. The summed E-state index contributed by atoms with van der Waals surface area (Å²) in [5.41, 5.74) is -0.601. The molecule has 3 rings (SSSR count). The number of imide groups is 1. The van der Waals surface area contributed by atoms with Crippen LogP contribution in [0.15, 0.2) is 18.5 Å². The predicted molar refractivity (Wildman–Crippen MR) is 70.4 cm³/mol. The molecule has 1 spiro atoms. The van der Waals surface area contributed by atoms with Crippen LogP contribution in [0.25, 0.3) is 0 Å². The molecule has 2 saturated heterocycles. The Morgan fingerprint density at radius 3 is 2.57 bits per heavy atom. The monoisotopic (exact) mass is 290 g/mol. The summed E-state index contributed by atoms with van der Waals surface area (Å²) in [5.74, 6) is -0.659. The third-order valence-corrected chi connectivity index (χ3v) is 3.89. The van der Waals surface area contributed by atoms with Crippen LogP contribution in [0.4, 0.5) is 4.79 Å². The minimum absolute atomic E-state index is 0.0724. The van der Waals surface area contributed by atoms with Crippen LogP contribution in [-0.2, 0) is 4.79 Å². The fourth-order valence-electron chi connectivity index (χ4n) is 2.70. The molecule has 21 heavy (non-hydrogen) atoms. The highest BCUT2D eigenvalue weighted by Gasteiger charge is 2.48. The molecule has 110 valence electrons. The summed E-state index contributed by atoms with van der Waals surface area (Å²) >= 11 is 0. The van der Waals surface area contributed by atoms with Crippen LogP contribution in [-0.4, -0.2) is 51.5 Å². The number of rotatable bonds is 1. The minimum Gasteiger partial charge on any atom is -0.506 e. The lowest BCUT2D eigenvalue weighted by Gasteiger charge is -2.36. The number of carbonyl (C=O) groups excluding carboxylic acids is 3. The van der Waals surface area contributed by atoms with E-state index in [1.54, 1.807) is 4.90 Å². The van der Waals surface area contributed by atoms with Crippen LogP contribution >= 0.6 is 0 Å². The van der Waals surface area contributed by atoms with Crippen LogP contribution in [0.1, 0.15) is 23.2 Å². The number of nitrogens with zero attached hydrogens (tertiary/aromatic N) is 2. The smallest absolute Gasteiger partial charge is 0.322 e. The van der Waals surface area contributed by atoms with Gasteiger partial charge < -0.3 is 15.3 Å². The summed E-state index contributed by atoms with van der Waals surface area (Å²) < 4.78 is 0. The van der Waals surface area contributed by atoms with Gasteiger partial charge in [0.15, 0.2) is 0 Å². The molecule has 2 fully saturated rings. The van der Waals surface area contributed by atoms with Crippen molar-refractivity contribution in [1.82, 2.24) is 20.5 Å². The highest BCUT2D eigenvalue weighted by Crippen LogP contribution is 2.26. The van der Waals surface area contributed by atoms with E-state index in [1.807, 2.05) is 0 Å². The minimum atomic E-state index is -0.898. The second-order valence-electron chi connectivity index (χ2n) is 5.21. The van der Waals surface area contributed by atoms with Crippen molar-refractivity contribution < 1.29 is 19.5 Å². The van der Waals surface area contributed by atoms with Crippen molar-refractivity contribution in [3.63, 3.8) is 0 Å². The van der Waals surface area contributed by atoms with Gasteiger partial charge in [0.05, 0.1) is 11.8 Å². The van der Waals surface area contributed by atoms with E-state index in [9.17, 15) is 19.5 Å². The van der Waals surface area contributed by atoms with Gasteiger partial charge in [-0.15, -0.1) is 0 Å². The molecule has 8 heteroatoms. The van der Waals surface area contributed by atoms with Gasteiger partial charge in [0.25, 0.3) is 11.8 Å². The predicted octanol–water partition coefficient (Wildman–Crippen LogP) is -0.399. The van der Waals surface area contributed by atoms with Crippen LogP contribution < -0.4 is 10.6 Å². The van der Waals surface area contributed by atoms with E-state index in [2.05, 4.69) is 15.6 Å². The normalized spacial score (nSPS) is 20.3. The molecule has 4 amide bonds. The topological polar surface area (TPSA) is 112 Å². The molecule has 3 heterocycles. The van der Waals surface area contributed by atoms with E-state index < -0.39 is 11.6 Å². The molecule has 0 bridgehead atoms. The first kappa shape index (κ1) is 13.3. The molecule has 0 atom stereocenters. The summed E-state index contributed by atoms with van der Waals surface area (Å²) in [6.07, 6.45) is 3.36. The lowest BCUT2D eigenvalue weighted by molar-refractivity contribution is -0.125. The second kappa shape index (κ2) is 4.72. The van der Waals surface area contributed by atoms with E-state index >= 15 is 0 Å². The van der Waals surface area contributed by atoms with Crippen molar-refractivity contribution >= 4 is 17.8 Å². The maximum Gasteiger partial charge on any atom is 0.322 e. The summed E-state index contributed by atoms with van der Waals surface area (Å²) in [5, 5.41) is 14.2. The van der Waals surface area contributed by atoms with Crippen molar-refractivity contribution in [3.05, 3.63) is 24.0 Å². The Kier molecular flexibility index (Phi) is 3.00. The molecular weight excluding hydrogens is 276 g/mol. The first-order chi connectivity index (χ1) is 10.00. The van der Waals surface area contributed by atoms with E-state index in [1.165, 1.54) is 18.5 Å². The van der Waals surface area contributed by atoms with Gasteiger partial charge in [-0.05, 0) is 18.9 Å². The van der Waals surface area contributed by atoms with Crippen LogP contribution in [0, 0.1) is 0 Å². The maximum absolute atomic E-state index is 12.3. The zero-order chi connectivity index (χ0) is 15.0. The number of piperidine rings is 1. The van der Waals surface area contributed by atoms with Gasteiger partial charge in [-0.25, -0.2) is 4.79 Å². The Morgan fingerprint density at radius 1 is 1.29 bits per heavy atom. The Balaban J connectivity index is 1.70. The highest BCUT2D eigenvalue weighted by atomic mass is 16.3. The number of pyridine rings is 1. The molecule has 8 nitrogen and oxygen atoms in total. The molecule has 0 radical (unpaired) electrons. The first-order valence-electron chi connectivity index (χ1n) is 6.57. The first-order valence-corrected chi connectivity index (χ1v) is 6.57. The lowest BCUT2D eigenvalue weighted by Crippen LogP contribution is -2.55. The van der Waals surface area contributed by atoms with Gasteiger partial charge >= 0.3 is 6.03 Å². The number of aromatic hydroxyl groups is 1. The molecular formula is C13H14N4O4. The average molecular weight is 290 g/mol. The number of amides is 4. The molecule has 0 aliphatic carbocycles. The number of nitrogens with one attached hydrogen (secondary N) is 2. The van der Waals surface area contributed by atoms with Gasteiger partial charge in [-0.3, -0.25) is 19.9 Å². The van der Waals surface area contributed by atoms with Crippen molar-refractivity contribution in [2.45, 2.75) is 18.4 Å². The van der Waals surface area contributed by atoms with Gasteiger partial charge in [-0.2, -0.15) is 0 Å². The van der Waals surface area contributed by atoms with E-state index in [4.69, 9.17) is 0 Å². The van der Waals surface area contributed by atoms with Crippen molar-refractivity contribution in [2.24, 2.45) is 0 Å². The van der Waals surface area contributed by atoms with Crippen LogP contribution in [0.5, 0.6) is 5.75 Å². The van der Waals surface area contributed by atoms with E-state index in [-0.39, 0.29) is 17.6 Å². The van der Waals surface area contributed by atoms with Gasteiger partial charge in [0.1, 0.15) is 11.3 Å². The number of carbonyl (C=O) groups is 3. The molecule has 2 aliphatic heterocycles. The van der Waals surface area contributed by atoms with E-state index in [0.717, 1.165) is 0 Å². The summed E-state index contributed by atoms with van der Waals surface area (Å²) in [6, 6.07) is 0.862. The van der Waals surface area contributed by atoms with Crippen molar-refractivity contribution in [2.75, 3.05) is 13.1 Å². The summed E-state index contributed by atoms with van der Waals surface area (Å²) in [6.45, 7) is 0.699. The average Bonchev–Trinajstić information content (AvgIpc) is 2.73. The zero-order valence-electron chi connectivity index (χ0n) is 11.1. The zero-order valence-corrected chi connectivity index (χ0v) is 11.1. The molecule has 1 aromatic rings. The Hall–Kier alpha value is -2.64. The SMILES string of the molecule is O=C1NC(=O)C2(CCN(C(=O)c3cncc(O)c3)CC2)N1. The molecule has 0 saturated carbocycles. The molecule has 0 unspecified atom stereocenters. The second-order valence-corrected chi connectivity index (χ2v) is 5.21. The quantitative estimate of drug-likeness (QED) is 0.609. The highest BCUT2D eigenvalue weighted by molar-refractivity contribution is 6.07. The maximum atomic E-state index is 12.3. The number of hydrogen-bond acceptors (Lipinski definition) is 5. The van der Waals surface area contributed by atoms with Gasteiger partial charge in [-0.1, -0.05) is 0 Å². The summed E-state index contributed by atoms with van der Waals surface area (Å²) in [4.78, 5) is 40.7. The fraction of sp³-hybridized carbons (Fsp3) is 0.385. The number of likely N-dealkylation sites (tertiary alicyclic amines) is 1. The molecule has 1 aromatic heterocycles. The van der Waals surface area contributed by atoms with Crippen molar-refractivity contribution in [1.29, 1.82) is 0 Å². The third kappa shape index (κ3) is 2.28. The van der Waals surface area contributed by atoms with E-state index in [0.29, 0.717) is 31.5 Å². The molecule has 0 aromatic carbocycles. The van der Waals surface area contributed by atoms with Gasteiger partial charge in [0.2, 0.25) is 0 Å².